The standard InChI is InChI=1S/C21H24N2O5/c24-20(16-28-21(25)10-13-27-19-4-2-1-3-5-19)22-17-6-8-18(9-7-17)23-11-14-26-15-12-23/h1-9H,10-16H2,(H,22,24). The first-order chi connectivity index (χ1) is 13.7. The quantitative estimate of drug-likeness (QED) is 0.705. The van der Waals surface area contributed by atoms with Crippen LogP contribution in [0, 0.1) is 0 Å². The van der Waals surface area contributed by atoms with Gasteiger partial charge in [-0.25, -0.2) is 0 Å². The molecule has 3 rings (SSSR count). The third kappa shape index (κ3) is 6.28. The number of anilines is 2. The Labute approximate surface area is 164 Å². The molecule has 0 unspecified atom stereocenters. The minimum atomic E-state index is -0.478. The Morgan fingerprint density at radius 3 is 2.43 bits per heavy atom. The molecular formula is C21H24N2O5. The summed E-state index contributed by atoms with van der Waals surface area (Å²) < 4.78 is 15.7. The summed E-state index contributed by atoms with van der Waals surface area (Å²) in [6, 6.07) is 16.8. The molecule has 0 atom stereocenters. The summed E-state index contributed by atoms with van der Waals surface area (Å²) >= 11 is 0. The number of para-hydroxylation sites is 1. The summed E-state index contributed by atoms with van der Waals surface area (Å²) in [6.45, 7) is 3.04. The summed E-state index contributed by atoms with van der Waals surface area (Å²) in [5.74, 6) is -0.168. The van der Waals surface area contributed by atoms with Gasteiger partial charge >= 0.3 is 5.97 Å². The van der Waals surface area contributed by atoms with Crippen molar-refractivity contribution in [3.05, 3.63) is 54.6 Å². The third-order valence-electron chi connectivity index (χ3n) is 4.21. The molecular weight excluding hydrogens is 360 g/mol. The van der Waals surface area contributed by atoms with Gasteiger partial charge in [-0.2, -0.15) is 0 Å². The van der Waals surface area contributed by atoms with Gasteiger partial charge < -0.3 is 24.4 Å². The van der Waals surface area contributed by atoms with E-state index < -0.39 is 5.97 Å². The van der Waals surface area contributed by atoms with Gasteiger partial charge in [-0.15, -0.1) is 0 Å². The first-order valence-electron chi connectivity index (χ1n) is 9.27. The molecule has 0 spiro atoms. The second-order valence-electron chi connectivity index (χ2n) is 6.27. The molecule has 1 saturated heterocycles. The molecule has 0 aliphatic carbocycles. The molecule has 1 aliphatic rings. The molecule has 1 fully saturated rings. The van der Waals surface area contributed by atoms with Crippen LogP contribution in [0.5, 0.6) is 5.75 Å². The molecule has 148 valence electrons. The fourth-order valence-electron chi connectivity index (χ4n) is 2.76. The number of hydrogen-bond donors (Lipinski definition) is 1. The van der Waals surface area contributed by atoms with E-state index >= 15 is 0 Å². The lowest BCUT2D eigenvalue weighted by Gasteiger charge is -2.28. The maximum Gasteiger partial charge on any atom is 0.309 e. The average molecular weight is 384 g/mol. The first kappa shape index (κ1) is 19.7. The molecule has 0 aromatic heterocycles. The molecule has 0 saturated carbocycles. The highest BCUT2D eigenvalue weighted by Gasteiger charge is 2.12. The van der Waals surface area contributed by atoms with Crippen molar-refractivity contribution in [1.82, 2.24) is 0 Å². The summed E-state index contributed by atoms with van der Waals surface area (Å²) in [5.41, 5.74) is 1.75. The van der Waals surface area contributed by atoms with E-state index in [4.69, 9.17) is 14.2 Å². The molecule has 7 heteroatoms. The molecule has 1 heterocycles. The monoisotopic (exact) mass is 384 g/mol. The van der Waals surface area contributed by atoms with Crippen LogP contribution < -0.4 is 15.0 Å². The third-order valence-corrected chi connectivity index (χ3v) is 4.21. The number of carbonyl (C=O) groups is 2. The van der Waals surface area contributed by atoms with Crippen LogP contribution in [0.4, 0.5) is 11.4 Å². The van der Waals surface area contributed by atoms with Crippen LogP contribution in [0.25, 0.3) is 0 Å². The van der Waals surface area contributed by atoms with Gasteiger partial charge in [0.2, 0.25) is 0 Å². The van der Waals surface area contributed by atoms with Crippen molar-refractivity contribution in [2.24, 2.45) is 0 Å². The van der Waals surface area contributed by atoms with E-state index in [0.29, 0.717) is 11.4 Å². The zero-order valence-electron chi connectivity index (χ0n) is 15.6. The molecule has 2 aromatic carbocycles. The van der Waals surface area contributed by atoms with Crippen LogP contribution in [0.1, 0.15) is 6.42 Å². The SMILES string of the molecule is O=C(COC(=O)CCOc1ccccc1)Nc1ccc(N2CCOCC2)cc1. The molecule has 0 bridgehead atoms. The van der Waals surface area contributed by atoms with E-state index in [1.807, 2.05) is 54.6 Å². The van der Waals surface area contributed by atoms with Gasteiger partial charge in [-0.3, -0.25) is 9.59 Å². The number of nitrogens with zero attached hydrogens (tertiary/aromatic N) is 1. The molecule has 1 aliphatic heterocycles. The van der Waals surface area contributed by atoms with Crippen LogP contribution in [0.2, 0.25) is 0 Å². The molecule has 1 N–H and O–H groups in total. The van der Waals surface area contributed by atoms with E-state index in [9.17, 15) is 9.59 Å². The van der Waals surface area contributed by atoms with Crippen molar-refractivity contribution < 1.29 is 23.8 Å². The number of benzene rings is 2. The van der Waals surface area contributed by atoms with Crippen molar-refractivity contribution in [3.8, 4) is 5.75 Å². The number of esters is 1. The lowest BCUT2D eigenvalue weighted by molar-refractivity contribution is -0.147. The Hall–Kier alpha value is -3.06. The van der Waals surface area contributed by atoms with Gasteiger partial charge in [0, 0.05) is 24.5 Å². The Bertz CT molecular complexity index is 758. The number of carbonyl (C=O) groups excluding carboxylic acids is 2. The van der Waals surface area contributed by atoms with Gasteiger partial charge in [0.25, 0.3) is 5.91 Å². The summed E-state index contributed by atoms with van der Waals surface area (Å²) in [4.78, 5) is 25.9. The second-order valence-corrected chi connectivity index (χ2v) is 6.27. The highest BCUT2D eigenvalue weighted by molar-refractivity contribution is 5.92. The Morgan fingerprint density at radius 1 is 1.00 bits per heavy atom. The smallest absolute Gasteiger partial charge is 0.309 e. The van der Waals surface area contributed by atoms with E-state index in [1.165, 1.54) is 0 Å². The molecule has 7 nitrogen and oxygen atoms in total. The highest BCUT2D eigenvalue weighted by Crippen LogP contribution is 2.19. The van der Waals surface area contributed by atoms with E-state index in [0.717, 1.165) is 32.0 Å². The van der Waals surface area contributed by atoms with Crippen LogP contribution in [0.3, 0.4) is 0 Å². The van der Waals surface area contributed by atoms with Crippen LogP contribution >= 0.6 is 0 Å². The van der Waals surface area contributed by atoms with Gasteiger partial charge in [0.1, 0.15) is 5.75 Å². The summed E-state index contributed by atoms with van der Waals surface area (Å²) in [6.07, 6.45) is 0.0798. The Balaban J connectivity index is 1.35. The number of morpholine rings is 1. The van der Waals surface area contributed by atoms with E-state index in [-0.39, 0.29) is 25.5 Å². The predicted octanol–water partition coefficient (Wildman–Crippen LogP) is 2.47. The predicted molar refractivity (Wildman–Crippen MR) is 106 cm³/mol. The summed E-state index contributed by atoms with van der Waals surface area (Å²) in [7, 11) is 0. The lowest BCUT2D eigenvalue weighted by atomic mass is 10.2. The number of ether oxygens (including phenoxy) is 3. The van der Waals surface area contributed by atoms with Gasteiger partial charge in [0.15, 0.2) is 6.61 Å². The molecule has 2 aromatic rings. The second kappa shape index (κ2) is 10.3. The normalized spacial score (nSPS) is 13.6. The van der Waals surface area contributed by atoms with Gasteiger partial charge in [0.05, 0.1) is 26.2 Å². The Morgan fingerprint density at radius 2 is 1.71 bits per heavy atom. The Kier molecular flexibility index (Phi) is 7.26. The zero-order valence-corrected chi connectivity index (χ0v) is 15.6. The lowest BCUT2D eigenvalue weighted by Crippen LogP contribution is -2.36. The first-order valence-corrected chi connectivity index (χ1v) is 9.27. The summed E-state index contributed by atoms with van der Waals surface area (Å²) in [5, 5.41) is 2.72. The van der Waals surface area contributed by atoms with Crippen LogP contribution in [-0.4, -0.2) is 51.4 Å². The zero-order chi connectivity index (χ0) is 19.6. The van der Waals surface area contributed by atoms with Crippen molar-refractivity contribution in [2.75, 3.05) is 49.7 Å². The fourth-order valence-corrected chi connectivity index (χ4v) is 2.76. The van der Waals surface area contributed by atoms with Crippen molar-refractivity contribution >= 4 is 23.3 Å². The number of amides is 1. The topological polar surface area (TPSA) is 77.1 Å². The van der Waals surface area contributed by atoms with E-state index in [1.54, 1.807) is 0 Å². The van der Waals surface area contributed by atoms with Gasteiger partial charge in [-0.05, 0) is 36.4 Å². The van der Waals surface area contributed by atoms with Crippen LogP contribution in [-0.2, 0) is 19.1 Å². The maximum atomic E-state index is 12.0. The van der Waals surface area contributed by atoms with Crippen molar-refractivity contribution in [3.63, 3.8) is 0 Å². The minimum Gasteiger partial charge on any atom is -0.493 e. The maximum absolute atomic E-state index is 12.0. The highest BCUT2D eigenvalue weighted by atomic mass is 16.5. The molecule has 28 heavy (non-hydrogen) atoms. The number of rotatable bonds is 8. The molecule has 0 radical (unpaired) electrons. The van der Waals surface area contributed by atoms with Crippen molar-refractivity contribution in [1.29, 1.82) is 0 Å². The minimum absolute atomic E-state index is 0.0798. The molecule has 1 amide bonds. The van der Waals surface area contributed by atoms with E-state index in [2.05, 4.69) is 10.2 Å². The number of hydrogen-bond acceptors (Lipinski definition) is 6. The average Bonchev–Trinajstić information content (AvgIpc) is 2.74. The van der Waals surface area contributed by atoms with Crippen LogP contribution in [0.15, 0.2) is 54.6 Å². The van der Waals surface area contributed by atoms with Crippen molar-refractivity contribution in [2.45, 2.75) is 6.42 Å². The largest absolute Gasteiger partial charge is 0.493 e. The fraction of sp³-hybridized carbons (Fsp3) is 0.333. The number of nitrogens with one attached hydrogen (secondary N) is 1. The van der Waals surface area contributed by atoms with Gasteiger partial charge in [-0.1, -0.05) is 18.2 Å².